The van der Waals surface area contributed by atoms with Gasteiger partial charge in [-0.15, -0.1) is 0 Å². The first-order valence-corrected chi connectivity index (χ1v) is 5.79. The van der Waals surface area contributed by atoms with Crippen molar-refractivity contribution in [1.82, 2.24) is 4.90 Å². The lowest BCUT2D eigenvalue weighted by molar-refractivity contribution is 0.00157. The van der Waals surface area contributed by atoms with Crippen molar-refractivity contribution < 1.29 is 5.11 Å². The Bertz CT molecular complexity index is 280. The van der Waals surface area contributed by atoms with Crippen LogP contribution in [0.25, 0.3) is 0 Å². The fraction of sp³-hybridized carbons (Fsp3) is 0.538. The largest absolute Gasteiger partial charge is 0.390 e. The van der Waals surface area contributed by atoms with Crippen molar-refractivity contribution in [2.24, 2.45) is 0 Å². The van der Waals surface area contributed by atoms with Gasteiger partial charge in [-0.2, -0.15) is 0 Å². The van der Waals surface area contributed by atoms with Gasteiger partial charge in [0.15, 0.2) is 0 Å². The van der Waals surface area contributed by atoms with E-state index < -0.39 is 0 Å². The molecule has 1 aromatic rings. The predicted molar refractivity (Wildman–Crippen MR) is 61.8 cm³/mol. The first-order valence-electron chi connectivity index (χ1n) is 5.79. The second-order valence-corrected chi connectivity index (χ2v) is 4.36. The summed E-state index contributed by atoms with van der Waals surface area (Å²) in [5.41, 5.74) is 1.43. The molecular formula is C13H19NO. The average Bonchev–Trinajstić information content (AvgIpc) is 2.23. The number of aliphatic hydroxyl groups excluding tert-OH is 1. The molecule has 2 nitrogen and oxygen atoms in total. The van der Waals surface area contributed by atoms with Gasteiger partial charge >= 0.3 is 0 Å². The number of hydrogen-bond donors (Lipinski definition) is 1. The summed E-state index contributed by atoms with van der Waals surface area (Å²) in [6.07, 6.45) is 3.61. The Morgan fingerprint density at radius 3 is 2.53 bits per heavy atom. The summed E-state index contributed by atoms with van der Waals surface area (Å²) < 4.78 is 0. The van der Waals surface area contributed by atoms with Crippen molar-refractivity contribution in [2.75, 3.05) is 19.6 Å². The molecule has 0 unspecified atom stereocenters. The highest BCUT2D eigenvalue weighted by atomic mass is 16.3. The van der Waals surface area contributed by atoms with Gasteiger partial charge in [-0.25, -0.2) is 0 Å². The van der Waals surface area contributed by atoms with Crippen molar-refractivity contribution in [2.45, 2.75) is 25.4 Å². The summed E-state index contributed by atoms with van der Waals surface area (Å²) >= 11 is 0. The molecule has 2 heteroatoms. The van der Waals surface area contributed by atoms with Gasteiger partial charge in [-0.3, -0.25) is 4.90 Å². The lowest BCUT2D eigenvalue weighted by Crippen LogP contribution is -2.50. The number of rotatable bonds is 5. The van der Waals surface area contributed by atoms with Crippen LogP contribution in [0.2, 0.25) is 0 Å². The normalized spacial score (nSPS) is 17.7. The van der Waals surface area contributed by atoms with Crippen LogP contribution in [-0.2, 0) is 6.42 Å². The van der Waals surface area contributed by atoms with E-state index in [1.807, 2.05) is 0 Å². The third-order valence-electron chi connectivity index (χ3n) is 2.97. The Hall–Kier alpha value is -0.860. The summed E-state index contributed by atoms with van der Waals surface area (Å²) in [5, 5.41) is 9.11. The number of β-amino-alcohol motifs (C(OH)–C–C–N with tert-alkyl or cyclic N) is 1. The first kappa shape index (κ1) is 10.7. The summed E-state index contributed by atoms with van der Waals surface area (Å²) in [4.78, 5) is 2.32. The van der Waals surface area contributed by atoms with E-state index in [-0.39, 0.29) is 6.10 Å². The van der Waals surface area contributed by atoms with Crippen molar-refractivity contribution >= 4 is 0 Å². The molecule has 0 spiro atoms. The second kappa shape index (κ2) is 5.29. The van der Waals surface area contributed by atoms with Crippen LogP contribution in [0.3, 0.4) is 0 Å². The van der Waals surface area contributed by atoms with E-state index >= 15 is 0 Å². The van der Waals surface area contributed by atoms with Crippen LogP contribution >= 0.6 is 0 Å². The van der Waals surface area contributed by atoms with E-state index in [1.165, 1.54) is 24.8 Å². The van der Waals surface area contributed by atoms with E-state index in [2.05, 4.69) is 35.2 Å². The van der Waals surface area contributed by atoms with Crippen LogP contribution in [0.4, 0.5) is 0 Å². The molecule has 1 aromatic carbocycles. The highest BCUT2D eigenvalue weighted by Crippen LogP contribution is 2.10. The number of benzene rings is 1. The van der Waals surface area contributed by atoms with Gasteiger partial charge in [0, 0.05) is 13.1 Å². The fourth-order valence-electron chi connectivity index (χ4n) is 2.03. The van der Waals surface area contributed by atoms with Crippen LogP contribution < -0.4 is 0 Å². The average molecular weight is 205 g/mol. The van der Waals surface area contributed by atoms with E-state index in [9.17, 15) is 0 Å². The minimum absolute atomic E-state index is 0.0564. The number of aliphatic hydroxyl groups is 1. The molecule has 1 aliphatic rings. The molecule has 0 radical (unpaired) electrons. The molecule has 0 saturated carbocycles. The SMILES string of the molecule is OC1CN(CCCCc2ccccc2)C1. The molecule has 0 aliphatic carbocycles. The zero-order valence-corrected chi connectivity index (χ0v) is 9.10. The number of likely N-dealkylation sites (tertiary alicyclic amines) is 1. The Balaban J connectivity index is 1.56. The fourth-order valence-corrected chi connectivity index (χ4v) is 2.03. The quantitative estimate of drug-likeness (QED) is 0.739. The summed E-state index contributed by atoms with van der Waals surface area (Å²) in [7, 11) is 0. The number of unbranched alkanes of at least 4 members (excludes halogenated alkanes) is 1. The van der Waals surface area contributed by atoms with Crippen LogP contribution in [0.5, 0.6) is 0 Å². The predicted octanol–water partition coefficient (Wildman–Crippen LogP) is 1.69. The first-order chi connectivity index (χ1) is 7.34. The molecule has 0 bridgehead atoms. The summed E-state index contributed by atoms with van der Waals surface area (Å²) in [6, 6.07) is 10.6. The highest BCUT2D eigenvalue weighted by molar-refractivity contribution is 5.14. The number of aryl methyl sites for hydroxylation is 1. The van der Waals surface area contributed by atoms with Crippen molar-refractivity contribution in [3.05, 3.63) is 35.9 Å². The van der Waals surface area contributed by atoms with Crippen LogP contribution in [-0.4, -0.2) is 35.7 Å². The molecular weight excluding hydrogens is 186 g/mol. The standard InChI is InChI=1S/C13H19NO/c15-13-10-14(11-13)9-5-4-8-12-6-2-1-3-7-12/h1-3,6-7,13,15H,4-5,8-11H2. The van der Waals surface area contributed by atoms with E-state index in [4.69, 9.17) is 5.11 Å². The lowest BCUT2D eigenvalue weighted by atomic mass is 10.1. The zero-order chi connectivity index (χ0) is 10.5. The third kappa shape index (κ3) is 3.33. The molecule has 0 aromatic heterocycles. The summed E-state index contributed by atoms with van der Waals surface area (Å²) in [6.45, 7) is 2.90. The number of nitrogens with zero attached hydrogens (tertiary/aromatic N) is 1. The van der Waals surface area contributed by atoms with Crippen LogP contribution in [0.1, 0.15) is 18.4 Å². The van der Waals surface area contributed by atoms with Gasteiger partial charge in [-0.1, -0.05) is 30.3 Å². The molecule has 2 rings (SSSR count). The Morgan fingerprint density at radius 1 is 1.13 bits per heavy atom. The minimum atomic E-state index is -0.0564. The maximum Gasteiger partial charge on any atom is 0.0793 e. The number of hydrogen-bond acceptors (Lipinski definition) is 2. The molecule has 0 amide bonds. The Morgan fingerprint density at radius 2 is 1.87 bits per heavy atom. The Kier molecular flexibility index (Phi) is 3.75. The molecule has 1 N–H and O–H groups in total. The topological polar surface area (TPSA) is 23.5 Å². The maximum atomic E-state index is 9.11. The maximum absolute atomic E-state index is 9.11. The van der Waals surface area contributed by atoms with Gasteiger partial charge in [0.25, 0.3) is 0 Å². The second-order valence-electron chi connectivity index (χ2n) is 4.36. The highest BCUT2D eigenvalue weighted by Gasteiger charge is 2.22. The molecule has 15 heavy (non-hydrogen) atoms. The monoisotopic (exact) mass is 205 g/mol. The van der Waals surface area contributed by atoms with Crippen LogP contribution in [0, 0.1) is 0 Å². The molecule has 82 valence electrons. The molecule has 1 fully saturated rings. The van der Waals surface area contributed by atoms with Crippen molar-refractivity contribution in [3.8, 4) is 0 Å². The molecule has 1 heterocycles. The van der Waals surface area contributed by atoms with E-state index in [1.54, 1.807) is 0 Å². The van der Waals surface area contributed by atoms with Gasteiger partial charge < -0.3 is 5.11 Å². The van der Waals surface area contributed by atoms with Crippen molar-refractivity contribution in [1.29, 1.82) is 0 Å². The molecule has 1 aliphatic heterocycles. The smallest absolute Gasteiger partial charge is 0.0793 e. The van der Waals surface area contributed by atoms with Crippen LogP contribution in [0.15, 0.2) is 30.3 Å². The van der Waals surface area contributed by atoms with E-state index in [0.29, 0.717) is 0 Å². The zero-order valence-electron chi connectivity index (χ0n) is 9.10. The molecule has 0 atom stereocenters. The molecule has 1 saturated heterocycles. The van der Waals surface area contributed by atoms with Gasteiger partial charge in [0.05, 0.1) is 6.10 Å². The third-order valence-corrected chi connectivity index (χ3v) is 2.97. The van der Waals surface area contributed by atoms with Gasteiger partial charge in [0.1, 0.15) is 0 Å². The van der Waals surface area contributed by atoms with Gasteiger partial charge in [0.2, 0.25) is 0 Å². The minimum Gasteiger partial charge on any atom is -0.390 e. The van der Waals surface area contributed by atoms with Crippen molar-refractivity contribution in [3.63, 3.8) is 0 Å². The van der Waals surface area contributed by atoms with Gasteiger partial charge in [-0.05, 0) is 31.4 Å². The summed E-state index contributed by atoms with van der Waals surface area (Å²) in [5.74, 6) is 0. The Labute approximate surface area is 91.5 Å². The lowest BCUT2D eigenvalue weighted by Gasteiger charge is -2.35. The van der Waals surface area contributed by atoms with E-state index in [0.717, 1.165) is 19.6 Å².